The van der Waals surface area contributed by atoms with Crippen molar-refractivity contribution in [3.8, 4) is 5.75 Å². The van der Waals surface area contributed by atoms with Gasteiger partial charge in [-0.3, -0.25) is 9.52 Å². The lowest BCUT2D eigenvalue weighted by molar-refractivity contribution is 0.0784. The van der Waals surface area contributed by atoms with Crippen LogP contribution in [0, 0.1) is 13.8 Å². The van der Waals surface area contributed by atoms with E-state index < -0.39 is 10.0 Å². The molecule has 0 fully saturated rings. The van der Waals surface area contributed by atoms with E-state index in [1.165, 1.54) is 0 Å². The number of anilines is 1. The van der Waals surface area contributed by atoms with Gasteiger partial charge in [-0.25, -0.2) is 8.42 Å². The minimum atomic E-state index is -3.71. The quantitative estimate of drug-likeness (QED) is 0.594. The zero-order valence-electron chi connectivity index (χ0n) is 18.0. The molecule has 6 nitrogen and oxygen atoms in total. The van der Waals surface area contributed by atoms with Crippen molar-refractivity contribution in [2.24, 2.45) is 0 Å². The van der Waals surface area contributed by atoms with Crippen molar-refractivity contribution < 1.29 is 17.9 Å². The minimum absolute atomic E-state index is 0.165. The molecule has 0 aliphatic carbocycles. The fourth-order valence-corrected chi connectivity index (χ4v) is 4.34. The van der Waals surface area contributed by atoms with Crippen molar-refractivity contribution in [3.63, 3.8) is 0 Å². The van der Waals surface area contributed by atoms with Crippen LogP contribution in [0.1, 0.15) is 27.0 Å². The fourth-order valence-electron chi connectivity index (χ4n) is 3.21. The zero-order valence-corrected chi connectivity index (χ0v) is 18.9. The molecule has 0 saturated carbocycles. The highest BCUT2D eigenvalue weighted by atomic mass is 32.2. The van der Waals surface area contributed by atoms with Gasteiger partial charge in [0.05, 0.1) is 17.7 Å². The summed E-state index contributed by atoms with van der Waals surface area (Å²) in [7, 11) is -0.392. The average Bonchev–Trinajstić information content (AvgIpc) is 2.75. The molecule has 0 saturated heterocycles. The molecule has 0 heterocycles. The van der Waals surface area contributed by atoms with Gasteiger partial charge in [0, 0.05) is 24.7 Å². The number of amides is 1. The summed E-state index contributed by atoms with van der Waals surface area (Å²) in [5.41, 5.74) is 3.46. The number of nitrogens with one attached hydrogen (secondary N) is 1. The first-order valence-corrected chi connectivity index (χ1v) is 11.3. The number of ether oxygens (including phenoxy) is 1. The highest BCUT2D eigenvalue weighted by Gasteiger charge is 2.18. The van der Waals surface area contributed by atoms with Crippen LogP contribution in [-0.4, -0.2) is 33.4 Å². The molecule has 0 aliphatic heterocycles. The third kappa shape index (κ3) is 5.24. The molecular weight excluding hydrogens is 412 g/mol. The average molecular weight is 439 g/mol. The number of nitrogens with zero attached hydrogens (tertiary/aromatic N) is 1. The molecule has 1 amide bonds. The summed E-state index contributed by atoms with van der Waals surface area (Å²) in [5.74, 6) is 0.557. The van der Waals surface area contributed by atoms with Gasteiger partial charge in [0.2, 0.25) is 0 Å². The van der Waals surface area contributed by atoms with Gasteiger partial charge in [-0.05, 0) is 55.8 Å². The van der Waals surface area contributed by atoms with Gasteiger partial charge in [0.15, 0.2) is 0 Å². The smallest absolute Gasteiger partial charge is 0.261 e. The number of aryl methyl sites for hydroxylation is 2. The Labute approximate surface area is 183 Å². The van der Waals surface area contributed by atoms with Crippen LogP contribution in [0.5, 0.6) is 5.75 Å². The van der Waals surface area contributed by atoms with Crippen LogP contribution in [0.25, 0.3) is 0 Å². The van der Waals surface area contributed by atoms with E-state index in [1.54, 1.807) is 68.4 Å². The first-order chi connectivity index (χ1) is 14.7. The second kappa shape index (κ2) is 9.22. The number of benzene rings is 3. The number of hydrogen-bond donors (Lipinski definition) is 1. The lowest BCUT2D eigenvalue weighted by Crippen LogP contribution is -2.26. The predicted octanol–water partition coefficient (Wildman–Crippen LogP) is 4.39. The van der Waals surface area contributed by atoms with Crippen LogP contribution >= 0.6 is 0 Å². The van der Waals surface area contributed by atoms with Gasteiger partial charge in [-0.15, -0.1) is 0 Å². The molecule has 0 spiro atoms. The lowest BCUT2D eigenvalue weighted by Gasteiger charge is -2.20. The molecule has 0 unspecified atom stereocenters. The number of rotatable bonds is 7. The summed E-state index contributed by atoms with van der Waals surface area (Å²) in [4.78, 5) is 14.7. The Balaban J connectivity index is 1.76. The molecule has 3 aromatic carbocycles. The van der Waals surface area contributed by atoms with Crippen LogP contribution in [0.4, 0.5) is 5.69 Å². The van der Waals surface area contributed by atoms with E-state index in [2.05, 4.69) is 4.72 Å². The van der Waals surface area contributed by atoms with E-state index in [4.69, 9.17) is 4.74 Å². The molecule has 7 heteroatoms. The largest absolute Gasteiger partial charge is 0.496 e. The molecule has 3 rings (SSSR count). The van der Waals surface area contributed by atoms with E-state index in [-0.39, 0.29) is 10.8 Å². The minimum Gasteiger partial charge on any atom is -0.496 e. The summed E-state index contributed by atoms with van der Waals surface area (Å²) in [6.07, 6.45) is 0. The fraction of sp³-hybridized carbons (Fsp3) is 0.208. The standard InChI is InChI=1S/C24H26N2O4S/c1-17-9-12-21(13-10-17)31(28,29)25-22-14-11-19(15-18(22)2)24(27)26(3)16-20-7-5-6-8-23(20)30-4/h5-15,25H,16H2,1-4H3. The molecule has 0 aliphatic rings. The number of para-hydroxylation sites is 1. The van der Waals surface area contributed by atoms with Gasteiger partial charge >= 0.3 is 0 Å². The molecule has 0 bridgehead atoms. The maximum absolute atomic E-state index is 12.9. The van der Waals surface area contributed by atoms with Crippen LogP contribution in [0.3, 0.4) is 0 Å². The number of methoxy groups -OCH3 is 1. The van der Waals surface area contributed by atoms with E-state index in [0.717, 1.165) is 16.9 Å². The molecule has 1 N–H and O–H groups in total. The topological polar surface area (TPSA) is 75.7 Å². The Bertz CT molecular complexity index is 1190. The van der Waals surface area contributed by atoms with E-state index in [0.29, 0.717) is 23.4 Å². The van der Waals surface area contributed by atoms with Crippen molar-refractivity contribution in [2.75, 3.05) is 18.9 Å². The predicted molar refractivity (Wildman–Crippen MR) is 122 cm³/mol. The Morgan fingerprint density at radius 3 is 2.32 bits per heavy atom. The number of carbonyl (C=O) groups is 1. The third-order valence-electron chi connectivity index (χ3n) is 5.00. The van der Waals surface area contributed by atoms with Crippen LogP contribution in [-0.2, 0) is 16.6 Å². The van der Waals surface area contributed by atoms with E-state index in [9.17, 15) is 13.2 Å². The maximum atomic E-state index is 12.9. The first-order valence-electron chi connectivity index (χ1n) is 9.79. The first kappa shape index (κ1) is 22.4. The molecular formula is C24H26N2O4S. The third-order valence-corrected chi connectivity index (χ3v) is 6.38. The summed E-state index contributed by atoms with van der Waals surface area (Å²) in [6, 6.07) is 19.1. The van der Waals surface area contributed by atoms with Gasteiger partial charge < -0.3 is 9.64 Å². The SMILES string of the molecule is COc1ccccc1CN(C)C(=O)c1ccc(NS(=O)(=O)c2ccc(C)cc2)c(C)c1. The molecule has 162 valence electrons. The molecule has 0 radical (unpaired) electrons. The number of sulfonamides is 1. The molecule has 3 aromatic rings. The number of hydrogen-bond acceptors (Lipinski definition) is 4. The Morgan fingerprint density at radius 1 is 1.00 bits per heavy atom. The normalized spacial score (nSPS) is 11.1. The van der Waals surface area contributed by atoms with Crippen LogP contribution in [0.2, 0.25) is 0 Å². The van der Waals surface area contributed by atoms with Crippen molar-refractivity contribution in [2.45, 2.75) is 25.3 Å². The summed E-state index contributed by atoms with van der Waals surface area (Å²) in [6.45, 7) is 4.06. The zero-order chi connectivity index (χ0) is 22.6. The second-order valence-corrected chi connectivity index (χ2v) is 9.10. The van der Waals surface area contributed by atoms with Gasteiger partial charge in [-0.2, -0.15) is 0 Å². The van der Waals surface area contributed by atoms with Crippen molar-refractivity contribution in [1.29, 1.82) is 0 Å². The highest BCUT2D eigenvalue weighted by Crippen LogP contribution is 2.23. The highest BCUT2D eigenvalue weighted by molar-refractivity contribution is 7.92. The molecule has 0 atom stereocenters. The van der Waals surface area contributed by atoms with Crippen molar-refractivity contribution in [1.82, 2.24) is 4.90 Å². The Hall–Kier alpha value is -3.32. The molecule has 0 aromatic heterocycles. The maximum Gasteiger partial charge on any atom is 0.261 e. The Kier molecular flexibility index (Phi) is 6.65. The van der Waals surface area contributed by atoms with Crippen LogP contribution in [0.15, 0.2) is 71.6 Å². The summed E-state index contributed by atoms with van der Waals surface area (Å²) >= 11 is 0. The lowest BCUT2D eigenvalue weighted by atomic mass is 10.1. The van der Waals surface area contributed by atoms with E-state index in [1.807, 2.05) is 31.2 Å². The van der Waals surface area contributed by atoms with Gasteiger partial charge in [0.1, 0.15) is 5.75 Å². The second-order valence-electron chi connectivity index (χ2n) is 7.42. The van der Waals surface area contributed by atoms with Crippen LogP contribution < -0.4 is 9.46 Å². The van der Waals surface area contributed by atoms with Gasteiger partial charge in [-0.1, -0.05) is 35.9 Å². The molecule has 31 heavy (non-hydrogen) atoms. The summed E-state index contributed by atoms with van der Waals surface area (Å²) < 4.78 is 33.3. The monoisotopic (exact) mass is 438 g/mol. The van der Waals surface area contributed by atoms with Gasteiger partial charge in [0.25, 0.3) is 15.9 Å². The Morgan fingerprint density at radius 2 is 1.68 bits per heavy atom. The van der Waals surface area contributed by atoms with Crippen molar-refractivity contribution >= 4 is 21.6 Å². The summed E-state index contributed by atoms with van der Waals surface area (Å²) in [5, 5.41) is 0. The number of carbonyl (C=O) groups excluding carboxylic acids is 1. The van der Waals surface area contributed by atoms with Crippen molar-refractivity contribution in [3.05, 3.63) is 89.0 Å². The van der Waals surface area contributed by atoms with E-state index >= 15 is 0 Å².